The van der Waals surface area contributed by atoms with E-state index in [1.807, 2.05) is 12.1 Å². The van der Waals surface area contributed by atoms with Gasteiger partial charge in [-0.2, -0.15) is 0 Å². The number of likely N-dealkylation sites (tertiary alicyclic amines) is 1. The molecule has 0 aromatic heterocycles. The normalized spacial score (nSPS) is 27.4. The van der Waals surface area contributed by atoms with Gasteiger partial charge in [-0.1, -0.05) is 12.1 Å². The Balaban J connectivity index is 1.36. The van der Waals surface area contributed by atoms with Crippen molar-refractivity contribution in [2.45, 2.75) is 37.6 Å². The molecule has 0 spiro atoms. The molecule has 0 amide bonds. The second-order valence-corrected chi connectivity index (χ2v) is 5.92. The van der Waals surface area contributed by atoms with Crippen molar-refractivity contribution in [1.29, 1.82) is 0 Å². The van der Waals surface area contributed by atoms with Crippen LogP contribution in [0.4, 0.5) is 4.39 Å². The Morgan fingerprint density at radius 3 is 2.74 bits per heavy atom. The lowest BCUT2D eigenvalue weighted by atomic mass is 9.76. The minimum Gasteiger partial charge on any atom is -0.313 e. The largest absolute Gasteiger partial charge is 0.313 e. The first-order valence-corrected chi connectivity index (χ1v) is 7.52. The van der Waals surface area contributed by atoms with Gasteiger partial charge in [0.2, 0.25) is 0 Å². The van der Waals surface area contributed by atoms with Crippen molar-refractivity contribution < 1.29 is 4.39 Å². The predicted octanol–water partition coefficient (Wildman–Crippen LogP) is 2.76. The number of nitrogens with zero attached hydrogens (tertiary/aromatic N) is 1. The van der Waals surface area contributed by atoms with Crippen LogP contribution in [0.3, 0.4) is 0 Å². The molecule has 3 heteroatoms. The van der Waals surface area contributed by atoms with Gasteiger partial charge in [-0.25, -0.2) is 4.39 Å². The first kappa shape index (κ1) is 13.1. The van der Waals surface area contributed by atoms with Gasteiger partial charge in [-0.15, -0.1) is 0 Å². The first-order chi connectivity index (χ1) is 9.31. The Hall–Kier alpha value is -0.930. The summed E-state index contributed by atoms with van der Waals surface area (Å²) in [6.45, 7) is 4.83. The van der Waals surface area contributed by atoms with Crippen LogP contribution in [0.5, 0.6) is 0 Å². The minimum absolute atomic E-state index is 0.108. The van der Waals surface area contributed by atoms with E-state index in [9.17, 15) is 4.39 Å². The molecule has 0 unspecified atom stereocenters. The third-order valence-electron chi connectivity index (χ3n) is 4.52. The van der Waals surface area contributed by atoms with Crippen molar-refractivity contribution >= 4 is 0 Å². The molecule has 3 rings (SSSR count). The molecule has 1 aromatic rings. The number of rotatable bonds is 5. The van der Waals surface area contributed by atoms with Gasteiger partial charge in [0, 0.05) is 19.1 Å². The number of hydrogen-bond acceptors (Lipinski definition) is 2. The van der Waals surface area contributed by atoms with Crippen LogP contribution in [-0.4, -0.2) is 37.1 Å². The van der Waals surface area contributed by atoms with E-state index in [-0.39, 0.29) is 5.82 Å². The summed E-state index contributed by atoms with van der Waals surface area (Å²) in [5.41, 5.74) is 1.16. The molecular formula is C16H23FN2. The molecule has 2 nitrogen and oxygen atoms in total. The van der Waals surface area contributed by atoms with Crippen molar-refractivity contribution in [2.24, 2.45) is 0 Å². The number of nitrogens with one attached hydrogen (secondary N) is 1. The fraction of sp³-hybridized carbons (Fsp3) is 0.625. The highest BCUT2D eigenvalue weighted by Gasteiger charge is 2.29. The zero-order chi connectivity index (χ0) is 13.1. The Morgan fingerprint density at radius 2 is 2.00 bits per heavy atom. The van der Waals surface area contributed by atoms with E-state index in [0.29, 0.717) is 12.0 Å². The van der Waals surface area contributed by atoms with Gasteiger partial charge in [0.25, 0.3) is 0 Å². The van der Waals surface area contributed by atoms with Gasteiger partial charge in [0.05, 0.1) is 0 Å². The Labute approximate surface area is 115 Å². The zero-order valence-electron chi connectivity index (χ0n) is 11.4. The van der Waals surface area contributed by atoms with Crippen molar-refractivity contribution in [3.8, 4) is 0 Å². The zero-order valence-corrected chi connectivity index (χ0v) is 11.4. The standard InChI is InChI=1S/C16H23FN2/c17-15-5-3-4-13(10-15)14-11-16(12-14)18-6-9-19-7-1-2-8-19/h3-5,10,14,16,18H,1-2,6-9,11-12H2. The first-order valence-electron chi connectivity index (χ1n) is 7.52. The highest BCUT2D eigenvalue weighted by Crippen LogP contribution is 2.36. The average molecular weight is 262 g/mol. The fourth-order valence-corrected chi connectivity index (χ4v) is 3.25. The Morgan fingerprint density at radius 1 is 1.21 bits per heavy atom. The Kier molecular flexibility index (Phi) is 4.14. The van der Waals surface area contributed by atoms with Crippen LogP contribution in [0.1, 0.15) is 37.2 Å². The van der Waals surface area contributed by atoms with Crippen LogP contribution >= 0.6 is 0 Å². The molecule has 1 aliphatic heterocycles. The number of halogens is 1. The van der Waals surface area contributed by atoms with Gasteiger partial charge in [0.15, 0.2) is 0 Å². The van der Waals surface area contributed by atoms with Gasteiger partial charge in [-0.3, -0.25) is 0 Å². The molecule has 1 N–H and O–H groups in total. The summed E-state index contributed by atoms with van der Waals surface area (Å²) >= 11 is 0. The van der Waals surface area contributed by atoms with Crippen LogP contribution in [0.25, 0.3) is 0 Å². The van der Waals surface area contributed by atoms with Gasteiger partial charge >= 0.3 is 0 Å². The molecule has 2 aliphatic rings. The molecule has 1 aromatic carbocycles. The average Bonchev–Trinajstić information content (AvgIpc) is 2.85. The summed E-state index contributed by atoms with van der Waals surface area (Å²) in [4.78, 5) is 2.54. The predicted molar refractivity (Wildman–Crippen MR) is 75.8 cm³/mol. The second kappa shape index (κ2) is 6.02. The lowest BCUT2D eigenvalue weighted by Gasteiger charge is -2.36. The molecule has 19 heavy (non-hydrogen) atoms. The van der Waals surface area contributed by atoms with Crippen molar-refractivity contribution in [1.82, 2.24) is 10.2 Å². The van der Waals surface area contributed by atoms with Crippen molar-refractivity contribution in [2.75, 3.05) is 26.2 Å². The highest BCUT2D eigenvalue weighted by molar-refractivity contribution is 5.23. The maximum Gasteiger partial charge on any atom is 0.123 e. The molecule has 1 heterocycles. The van der Waals surface area contributed by atoms with Gasteiger partial charge in [-0.05, 0) is 62.4 Å². The molecule has 2 fully saturated rings. The summed E-state index contributed by atoms with van der Waals surface area (Å²) in [6, 6.07) is 7.71. The van der Waals surface area contributed by atoms with Crippen molar-refractivity contribution in [3.63, 3.8) is 0 Å². The van der Waals surface area contributed by atoms with Crippen LogP contribution in [0, 0.1) is 5.82 Å². The Bertz CT molecular complexity index is 409. The molecule has 1 aliphatic carbocycles. The van der Waals surface area contributed by atoms with Crippen molar-refractivity contribution in [3.05, 3.63) is 35.6 Å². The summed E-state index contributed by atoms with van der Waals surface area (Å²) in [6.07, 6.45) is 5.04. The van der Waals surface area contributed by atoms with Gasteiger partial charge in [0.1, 0.15) is 5.82 Å². The topological polar surface area (TPSA) is 15.3 Å². The highest BCUT2D eigenvalue weighted by atomic mass is 19.1. The van der Waals surface area contributed by atoms with Gasteiger partial charge < -0.3 is 10.2 Å². The molecule has 1 saturated carbocycles. The van der Waals surface area contributed by atoms with E-state index >= 15 is 0 Å². The summed E-state index contributed by atoms with van der Waals surface area (Å²) in [7, 11) is 0. The van der Waals surface area contributed by atoms with E-state index in [2.05, 4.69) is 10.2 Å². The second-order valence-electron chi connectivity index (χ2n) is 5.92. The number of hydrogen-bond donors (Lipinski definition) is 1. The van der Waals surface area contributed by atoms with E-state index in [1.165, 1.54) is 38.5 Å². The molecule has 104 valence electrons. The third kappa shape index (κ3) is 3.34. The van der Waals surface area contributed by atoms with Crippen LogP contribution in [0.15, 0.2) is 24.3 Å². The molecule has 0 atom stereocenters. The van der Waals surface area contributed by atoms with E-state index in [1.54, 1.807) is 6.07 Å². The van der Waals surface area contributed by atoms with E-state index < -0.39 is 0 Å². The molecule has 0 bridgehead atoms. The lowest BCUT2D eigenvalue weighted by Crippen LogP contribution is -2.43. The quantitative estimate of drug-likeness (QED) is 0.878. The monoisotopic (exact) mass is 262 g/mol. The summed E-state index contributed by atoms with van der Waals surface area (Å²) in [5.74, 6) is 0.447. The lowest BCUT2D eigenvalue weighted by molar-refractivity contribution is 0.266. The van der Waals surface area contributed by atoms with Crippen LogP contribution in [0.2, 0.25) is 0 Å². The molecular weight excluding hydrogens is 239 g/mol. The minimum atomic E-state index is -0.108. The van der Waals surface area contributed by atoms with E-state index in [0.717, 1.165) is 24.9 Å². The smallest absolute Gasteiger partial charge is 0.123 e. The number of benzene rings is 1. The fourth-order valence-electron chi connectivity index (χ4n) is 3.25. The summed E-state index contributed by atoms with van der Waals surface area (Å²) in [5, 5.41) is 3.62. The summed E-state index contributed by atoms with van der Waals surface area (Å²) < 4.78 is 13.1. The van der Waals surface area contributed by atoms with E-state index in [4.69, 9.17) is 0 Å². The maximum absolute atomic E-state index is 13.1. The third-order valence-corrected chi connectivity index (χ3v) is 4.52. The van der Waals surface area contributed by atoms with Crippen LogP contribution < -0.4 is 5.32 Å². The van der Waals surface area contributed by atoms with Crippen LogP contribution in [-0.2, 0) is 0 Å². The maximum atomic E-state index is 13.1. The molecule has 0 radical (unpaired) electrons. The SMILES string of the molecule is Fc1cccc(C2CC(NCCN3CCCC3)C2)c1. The molecule has 1 saturated heterocycles.